The summed E-state index contributed by atoms with van der Waals surface area (Å²) in [4.78, 5) is 23.5. The molecule has 1 aromatic rings. The van der Waals surface area contributed by atoms with E-state index in [1.54, 1.807) is 7.11 Å². The molecule has 1 unspecified atom stereocenters. The van der Waals surface area contributed by atoms with Gasteiger partial charge in [0.25, 0.3) is 0 Å². The molecule has 4 nitrogen and oxygen atoms in total. The van der Waals surface area contributed by atoms with Crippen molar-refractivity contribution in [2.45, 2.75) is 44.8 Å². The van der Waals surface area contributed by atoms with Crippen LogP contribution in [0.25, 0.3) is 0 Å². The zero-order chi connectivity index (χ0) is 15.6. The zero-order valence-electron chi connectivity index (χ0n) is 12.9. The summed E-state index contributed by atoms with van der Waals surface area (Å²) >= 11 is 0. The zero-order valence-corrected chi connectivity index (χ0v) is 12.9. The third-order valence-corrected chi connectivity index (χ3v) is 5.23. The summed E-state index contributed by atoms with van der Waals surface area (Å²) in [7, 11) is 1.63. The van der Waals surface area contributed by atoms with Gasteiger partial charge in [-0.05, 0) is 42.4 Å². The predicted octanol–water partition coefficient (Wildman–Crippen LogP) is 2.93. The van der Waals surface area contributed by atoms with Gasteiger partial charge in [0.05, 0.1) is 13.7 Å². The number of methoxy groups -OCH3 is 1. The first-order valence-electron chi connectivity index (χ1n) is 7.89. The fraction of sp³-hybridized carbons (Fsp3) is 0.556. The van der Waals surface area contributed by atoms with Crippen molar-refractivity contribution in [2.75, 3.05) is 7.11 Å². The highest BCUT2D eigenvalue weighted by Crippen LogP contribution is 2.53. The molecule has 2 aliphatic carbocycles. The highest BCUT2D eigenvalue weighted by molar-refractivity contribution is 5.87. The molecule has 3 atom stereocenters. The topological polar surface area (TPSA) is 52.6 Å². The fourth-order valence-electron chi connectivity index (χ4n) is 3.94. The van der Waals surface area contributed by atoms with Gasteiger partial charge < -0.3 is 14.3 Å². The molecule has 0 amide bonds. The van der Waals surface area contributed by atoms with Crippen LogP contribution in [0.4, 0.5) is 0 Å². The summed E-state index contributed by atoms with van der Waals surface area (Å²) in [5.74, 6) is 0.993. The Labute approximate surface area is 130 Å². The van der Waals surface area contributed by atoms with E-state index in [9.17, 15) is 9.59 Å². The molecular formula is C18H22O4. The molecule has 2 saturated carbocycles. The first kappa shape index (κ1) is 15.2. The van der Waals surface area contributed by atoms with E-state index in [1.165, 1.54) is 0 Å². The van der Waals surface area contributed by atoms with Crippen molar-refractivity contribution >= 4 is 12.1 Å². The summed E-state index contributed by atoms with van der Waals surface area (Å²) in [5, 5.41) is 0. The van der Waals surface area contributed by atoms with Gasteiger partial charge in [0, 0.05) is 12.3 Å². The van der Waals surface area contributed by atoms with Gasteiger partial charge in [-0.3, -0.25) is 4.79 Å². The van der Waals surface area contributed by atoms with E-state index in [4.69, 9.17) is 9.47 Å². The third kappa shape index (κ3) is 2.80. The molecule has 4 heteroatoms. The van der Waals surface area contributed by atoms with Crippen LogP contribution in [-0.2, 0) is 20.9 Å². The van der Waals surface area contributed by atoms with Gasteiger partial charge in [-0.1, -0.05) is 18.6 Å². The molecule has 0 radical (unpaired) electrons. The monoisotopic (exact) mass is 302 g/mol. The minimum absolute atomic E-state index is 0.0334. The van der Waals surface area contributed by atoms with Crippen LogP contribution in [-0.4, -0.2) is 25.3 Å². The molecule has 1 spiro atoms. The highest BCUT2D eigenvalue weighted by Gasteiger charge is 2.51. The van der Waals surface area contributed by atoms with Crippen LogP contribution in [0.1, 0.15) is 37.7 Å². The van der Waals surface area contributed by atoms with Crippen LogP contribution >= 0.6 is 0 Å². The largest absolute Gasteiger partial charge is 0.497 e. The molecule has 2 fully saturated rings. The second-order valence-electron chi connectivity index (χ2n) is 6.49. The first-order valence-corrected chi connectivity index (χ1v) is 7.89. The Bertz CT molecular complexity index is 551. The van der Waals surface area contributed by atoms with Crippen LogP contribution in [0.2, 0.25) is 0 Å². The number of rotatable bonds is 5. The molecule has 0 aromatic heterocycles. The van der Waals surface area contributed by atoms with E-state index in [2.05, 4.69) is 0 Å². The molecule has 118 valence electrons. The molecule has 3 rings (SSSR count). The van der Waals surface area contributed by atoms with Crippen LogP contribution in [0, 0.1) is 11.3 Å². The van der Waals surface area contributed by atoms with Gasteiger partial charge >= 0.3 is 0 Å². The minimum atomic E-state index is -0.359. The van der Waals surface area contributed by atoms with Crippen molar-refractivity contribution in [2.24, 2.45) is 11.3 Å². The van der Waals surface area contributed by atoms with Gasteiger partial charge in [-0.25, -0.2) is 0 Å². The van der Waals surface area contributed by atoms with Gasteiger partial charge in [0.15, 0.2) is 5.78 Å². The number of carbonyl (C=O) groups excluding carboxylic acids is 2. The van der Waals surface area contributed by atoms with E-state index in [1.807, 2.05) is 24.3 Å². The van der Waals surface area contributed by atoms with Crippen molar-refractivity contribution < 1.29 is 19.1 Å². The van der Waals surface area contributed by atoms with E-state index in [0.29, 0.717) is 19.4 Å². The summed E-state index contributed by atoms with van der Waals surface area (Å²) in [6, 6.07) is 7.65. The number of hydrogen-bond donors (Lipinski definition) is 0. The second kappa shape index (κ2) is 6.21. The Morgan fingerprint density at radius 1 is 1.32 bits per heavy atom. The molecule has 0 heterocycles. The number of benzene rings is 1. The Morgan fingerprint density at radius 2 is 2.09 bits per heavy atom. The van der Waals surface area contributed by atoms with Gasteiger partial charge in [0.2, 0.25) is 0 Å². The van der Waals surface area contributed by atoms with Crippen molar-refractivity contribution in [3.63, 3.8) is 0 Å². The lowest BCUT2D eigenvalue weighted by Gasteiger charge is -2.26. The number of ether oxygens (including phenoxy) is 2. The standard InChI is InChI=1S/C18H22O4/c1-21-15-6-4-13(5-7-15)12-22-17-10-18(9-16(17)20)8-2-3-14(18)11-19/h4-7,11,14,17H,2-3,8-10,12H2,1H3/t14-,17?,18+/m1/s1. The maximum atomic E-state index is 12.3. The Kier molecular flexibility index (Phi) is 4.30. The molecule has 0 saturated heterocycles. The van der Waals surface area contributed by atoms with E-state index >= 15 is 0 Å². The molecular weight excluding hydrogens is 280 g/mol. The van der Waals surface area contributed by atoms with Crippen molar-refractivity contribution in [3.8, 4) is 5.75 Å². The van der Waals surface area contributed by atoms with Gasteiger partial charge in [-0.2, -0.15) is 0 Å². The molecule has 0 bridgehead atoms. The predicted molar refractivity (Wildman–Crippen MR) is 81.7 cm³/mol. The number of aldehydes is 1. The SMILES string of the molecule is COc1ccc(COC2C[C@]3(CCC[C@@H]3C=O)CC2=O)cc1. The molecule has 0 N–H and O–H groups in total. The summed E-state index contributed by atoms with van der Waals surface area (Å²) in [6.07, 6.45) is 4.83. The van der Waals surface area contributed by atoms with Gasteiger partial charge in [0.1, 0.15) is 18.1 Å². The first-order chi connectivity index (χ1) is 10.7. The van der Waals surface area contributed by atoms with E-state index in [-0.39, 0.29) is 23.2 Å². The average Bonchev–Trinajstić information content (AvgIpc) is 3.08. The lowest BCUT2D eigenvalue weighted by atomic mass is 9.77. The Morgan fingerprint density at radius 3 is 2.77 bits per heavy atom. The Hall–Kier alpha value is -1.68. The molecule has 2 aliphatic rings. The van der Waals surface area contributed by atoms with Crippen molar-refractivity contribution in [1.29, 1.82) is 0 Å². The maximum absolute atomic E-state index is 12.3. The highest BCUT2D eigenvalue weighted by atomic mass is 16.5. The van der Waals surface area contributed by atoms with Crippen LogP contribution in [0.15, 0.2) is 24.3 Å². The second-order valence-corrected chi connectivity index (χ2v) is 6.49. The smallest absolute Gasteiger partial charge is 0.162 e. The molecule has 22 heavy (non-hydrogen) atoms. The maximum Gasteiger partial charge on any atom is 0.162 e. The van der Waals surface area contributed by atoms with Crippen molar-refractivity contribution in [1.82, 2.24) is 0 Å². The van der Waals surface area contributed by atoms with Crippen LogP contribution < -0.4 is 4.74 Å². The minimum Gasteiger partial charge on any atom is -0.497 e. The average molecular weight is 302 g/mol. The summed E-state index contributed by atoms with van der Waals surface area (Å²) in [5.41, 5.74) is 0.900. The van der Waals surface area contributed by atoms with E-state index < -0.39 is 0 Å². The normalized spacial score (nSPS) is 30.9. The van der Waals surface area contributed by atoms with Crippen molar-refractivity contribution in [3.05, 3.63) is 29.8 Å². The summed E-state index contributed by atoms with van der Waals surface area (Å²) < 4.78 is 11.0. The lowest BCUT2D eigenvalue weighted by Crippen LogP contribution is -2.24. The third-order valence-electron chi connectivity index (χ3n) is 5.23. The quantitative estimate of drug-likeness (QED) is 0.785. The fourth-order valence-corrected chi connectivity index (χ4v) is 3.94. The Balaban J connectivity index is 1.61. The number of ketones is 1. The number of hydrogen-bond acceptors (Lipinski definition) is 4. The lowest BCUT2D eigenvalue weighted by molar-refractivity contribution is -0.128. The molecule has 1 aromatic carbocycles. The van der Waals surface area contributed by atoms with Gasteiger partial charge in [-0.15, -0.1) is 0 Å². The summed E-state index contributed by atoms with van der Waals surface area (Å²) in [6.45, 7) is 0.419. The van der Waals surface area contributed by atoms with Crippen LogP contribution in [0.5, 0.6) is 5.75 Å². The molecule has 0 aliphatic heterocycles. The van der Waals surface area contributed by atoms with E-state index in [0.717, 1.165) is 36.9 Å². The number of Topliss-reactive ketones (excluding diaryl/α,β-unsaturated/α-hetero) is 1. The number of carbonyl (C=O) groups is 2. The van der Waals surface area contributed by atoms with Crippen LogP contribution in [0.3, 0.4) is 0 Å².